The summed E-state index contributed by atoms with van der Waals surface area (Å²) in [7, 11) is 0. The predicted molar refractivity (Wildman–Crippen MR) is 129 cm³/mol. The van der Waals surface area contributed by atoms with Gasteiger partial charge >= 0.3 is 0 Å². The molecule has 0 atom stereocenters. The van der Waals surface area contributed by atoms with Gasteiger partial charge in [0, 0.05) is 34.0 Å². The Morgan fingerprint density at radius 2 is 1.74 bits per heavy atom. The van der Waals surface area contributed by atoms with Gasteiger partial charge in [-0.25, -0.2) is 9.37 Å². The number of aromatic nitrogens is 4. The van der Waals surface area contributed by atoms with E-state index in [4.69, 9.17) is 4.52 Å². The van der Waals surface area contributed by atoms with Crippen molar-refractivity contribution in [3.05, 3.63) is 107 Å². The fourth-order valence-electron chi connectivity index (χ4n) is 3.31. The first-order valence-corrected chi connectivity index (χ1v) is 11.1. The summed E-state index contributed by atoms with van der Waals surface area (Å²) in [5.74, 6) is 0.152. The molecule has 168 valence electrons. The molecule has 0 aliphatic rings. The Morgan fingerprint density at radius 1 is 1.00 bits per heavy atom. The smallest absolute Gasteiger partial charge is 0.278 e. The molecule has 2 aromatic heterocycles. The van der Waals surface area contributed by atoms with Crippen molar-refractivity contribution in [2.45, 2.75) is 6.54 Å². The Hall–Kier alpha value is -4.11. The van der Waals surface area contributed by atoms with E-state index in [9.17, 15) is 9.18 Å². The Balaban J connectivity index is 1.23. The Bertz CT molecular complexity index is 1430. The standard InChI is InChI=1S/C25H17BrFN5O2/c26-19-7-3-18(4-8-19)24(33)29-21-11-1-16(2-12-21)13-32-14-22(28-15-32)25-30-23(31-34-25)17-5-9-20(27)10-6-17/h1-12,14-15H,13H2,(H,29,33). The highest BCUT2D eigenvalue weighted by Crippen LogP contribution is 2.22. The monoisotopic (exact) mass is 517 g/mol. The maximum Gasteiger partial charge on any atom is 0.278 e. The summed E-state index contributed by atoms with van der Waals surface area (Å²) in [6, 6.07) is 20.6. The molecule has 5 aromatic rings. The maximum absolute atomic E-state index is 13.1. The lowest BCUT2D eigenvalue weighted by Gasteiger charge is -2.07. The van der Waals surface area contributed by atoms with Crippen LogP contribution >= 0.6 is 15.9 Å². The van der Waals surface area contributed by atoms with E-state index >= 15 is 0 Å². The van der Waals surface area contributed by atoms with Crippen molar-refractivity contribution in [3.8, 4) is 23.0 Å². The third-order valence-corrected chi connectivity index (χ3v) is 5.59. The second-order valence-corrected chi connectivity index (χ2v) is 8.43. The molecule has 0 saturated heterocycles. The van der Waals surface area contributed by atoms with Crippen LogP contribution in [0.1, 0.15) is 15.9 Å². The fraction of sp³-hybridized carbons (Fsp3) is 0.0400. The van der Waals surface area contributed by atoms with E-state index in [1.54, 1.807) is 30.6 Å². The van der Waals surface area contributed by atoms with Crippen molar-refractivity contribution in [2.75, 3.05) is 5.32 Å². The largest absolute Gasteiger partial charge is 0.332 e. The number of rotatable bonds is 6. The van der Waals surface area contributed by atoms with E-state index in [0.29, 0.717) is 34.9 Å². The summed E-state index contributed by atoms with van der Waals surface area (Å²) < 4.78 is 21.3. The molecule has 5 rings (SSSR count). The van der Waals surface area contributed by atoms with Gasteiger partial charge in [-0.3, -0.25) is 4.79 Å². The van der Waals surface area contributed by atoms with Gasteiger partial charge < -0.3 is 14.4 Å². The Morgan fingerprint density at radius 3 is 2.47 bits per heavy atom. The number of imidazole rings is 1. The number of hydrogen-bond donors (Lipinski definition) is 1. The second kappa shape index (κ2) is 9.40. The van der Waals surface area contributed by atoms with Crippen molar-refractivity contribution in [3.63, 3.8) is 0 Å². The minimum atomic E-state index is -0.328. The molecule has 0 fully saturated rings. The first-order valence-electron chi connectivity index (χ1n) is 10.3. The molecular weight excluding hydrogens is 501 g/mol. The highest BCUT2D eigenvalue weighted by atomic mass is 79.9. The number of amides is 1. The number of nitrogens with one attached hydrogen (secondary N) is 1. The van der Waals surface area contributed by atoms with Crippen LogP contribution in [0, 0.1) is 5.82 Å². The van der Waals surface area contributed by atoms with Gasteiger partial charge in [0.25, 0.3) is 11.8 Å². The van der Waals surface area contributed by atoms with Crippen LogP contribution in [-0.4, -0.2) is 25.6 Å². The van der Waals surface area contributed by atoms with Crippen LogP contribution < -0.4 is 5.32 Å². The van der Waals surface area contributed by atoms with E-state index in [1.165, 1.54) is 12.1 Å². The zero-order valence-electron chi connectivity index (χ0n) is 17.7. The van der Waals surface area contributed by atoms with Crippen LogP contribution in [-0.2, 0) is 6.54 Å². The summed E-state index contributed by atoms with van der Waals surface area (Å²) >= 11 is 3.36. The van der Waals surface area contributed by atoms with E-state index in [0.717, 1.165) is 10.0 Å². The zero-order valence-corrected chi connectivity index (χ0v) is 19.2. The van der Waals surface area contributed by atoms with Crippen LogP contribution in [0.25, 0.3) is 23.0 Å². The van der Waals surface area contributed by atoms with Crippen molar-refractivity contribution in [2.24, 2.45) is 0 Å². The lowest BCUT2D eigenvalue weighted by atomic mass is 10.2. The van der Waals surface area contributed by atoms with Crippen LogP contribution in [0.5, 0.6) is 0 Å². The SMILES string of the molecule is O=C(Nc1ccc(Cn2cnc(-c3nc(-c4ccc(F)cc4)no3)c2)cc1)c1ccc(Br)cc1. The Kier molecular flexibility index (Phi) is 6.01. The van der Waals surface area contributed by atoms with E-state index in [-0.39, 0.29) is 17.6 Å². The number of nitrogens with zero attached hydrogens (tertiary/aromatic N) is 4. The van der Waals surface area contributed by atoms with Crippen molar-refractivity contribution in [1.82, 2.24) is 19.7 Å². The third kappa shape index (κ3) is 4.94. The number of halogens is 2. The van der Waals surface area contributed by atoms with E-state index in [1.807, 2.05) is 47.2 Å². The lowest BCUT2D eigenvalue weighted by molar-refractivity contribution is 0.102. The van der Waals surface area contributed by atoms with Crippen LogP contribution in [0.15, 0.2) is 94.3 Å². The average Bonchev–Trinajstić information content (AvgIpc) is 3.51. The predicted octanol–water partition coefficient (Wildman–Crippen LogP) is 5.80. The molecule has 0 radical (unpaired) electrons. The third-order valence-electron chi connectivity index (χ3n) is 5.06. The topological polar surface area (TPSA) is 85.8 Å². The molecule has 0 aliphatic heterocycles. The van der Waals surface area contributed by atoms with Gasteiger partial charge in [-0.05, 0) is 66.2 Å². The van der Waals surface area contributed by atoms with Crippen molar-refractivity contribution < 1.29 is 13.7 Å². The molecule has 1 amide bonds. The van der Waals surface area contributed by atoms with E-state index < -0.39 is 0 Å². The molecule has 0 bridgehead atoms. The number of carbonyl (C=O) groups excluding carboxylic acids is 1. The van der Waals surface area contributed by atoms with Gasteiger partial charge in [0.2, 0.25) is 5.82 Å². The van der Waals surface area contributed by atoms with Crippen LogP contribution in [0.3, 0.4) is 0 Å². The first kappa shape index (κ1) is 21.7. The second-order valence-electron chi connectivity index (χ2n) is 7.52. The summed E-state index contributed by atoms with van der Waals surface area (Å²) in [4.78, 5) is 21.1. The van der Waals surface area contributed by atoms with Gasteiger partial charge in [-0.2, -0.15) is 4.98 Å². The van der Waals surface area contributed by atoms with Crippen LogP contribution in [0.2, 0.25) is 0 Å². The van der Waals surface area contributed by atoms with Gasteiger partial charge in [0.05, 0.1) is 6.33 Å². The number of benzene rings is 3. The molecule has 1 N–H and O–H groups in total. The highest BCUT2D eigenvalue weighted by molar-refractivity contribution is 9.10. The number of carbonyl (C=O) groups is 1. The minimum absolute atomic E-state index is 0.168. The van der Waals surface area contributed by atoms with E-state index in [2.05, 4.69) is 36.4 Å². The van der Waals surface area contributed by atoms with Gasteiger partial charge in [-0.15, -0.1) is 0 Å². The minimum Gasteiger partial charge on any atom is -0.332 e. The molecule has 0 aliphatic carbocycles. The molecule has 34 heavy (non-hydrogen) atoms. The normalized spacial score (nSPS) is 10.9. The molecule has 3 aromatic carbocycles. The summed E-state index contributed by atoms with van der Waals surface area (Å²) in [5, 5.41) is 6.84. The Labute approximate surface area is 202 Å². The number of hydrogen-bond acceptors (Lipinski definition) is 5. The summed E-state index contributed by atoms with van der Waals surface area (Å²) in [5.41, 5.74) is 3.52. The van der Waals surface area contributed by atoms with Gasteiger partial charge in [-0.1, -0.05) is 33.2 Å². The number of anilines is 1. The maximum atomic E-state index is 13.1. The van der Waals surface area contributed by atoms with Gasteiger partial charge in [0.15, 0.2) is 0 Å². The molecule has 9 heteroatoms. The van der Waals surface area contributed by atoms with Crippen molar-refractivity contribution in [1.29, 1.82) is 0 Å². The quantitative estimate of drug-likeness (QED) is 0.307. The molecule has 7 nitrogen and oxygen atoms in total. The highest BCUT2D eigenvalue weighted by Gasteiger charge is 2.13. The first-order chi connectivity index (χ1) is 16.5. The molecular formula is C25H17BrFN5O2. The zero-order chi connectivity index (χ0) is 23.5. The molecule has 0 spiro atoms. The average molecular weight is 518 g/mol. The van der Waals surface area contributed by atoms with Crippen LogP contribution in [0.4, 0.5) is 10.1 Å². The fourth-order valence-corrected chi connectivity index (χ4v) is 3.57. The van der Waals surface area contributed by atoms with Crippen molar-refractivity contribution >= 4 is 27.5 Å². The summed E-state index contributed by atoms with van der Waals surface area (Å²) in [6.07, 6.45) is 3.49. The molecule has 0 saturated carbocycles. The lowest BCUT2D eigenvalue weighted by Crippen LogP contribution is -2.11. The molecule has 2 heterocycles. The summed E-state index contributed by atoms with van der Waals surface area (Å²) in [6.45, 7) is 0.576. The van der Waals surface area contributed by atoms with Gasteiger partial charge in [0.1, 0.15) is 11.5 Å². The molecule has 0 unspecified atom stereocenters.